The fourth-order valence-corrected chi connectivity index (χ4v) is 1.63. The molecule has 1 rings (SSSR count). The summed E-state index contributed by atoms with van der Waals surface area (Å²) in [5.74, 6) is -0.809. The van der Waals surface area contributed by atoms with Gasteiger partial charge >= 0.3 is 0 Å². The highest BCUT2D eigenvalue weighted by Crippen LogP contribution is 2.20. The molecule has 114 valence electrons. The van der Waals surface area contributed by atoms with Crippen LogP contribution in [-0.2, 0) is 4.79 Å². The SMILES string of the molecule is CCCNC(=O)CCNC(=O)c1cc(N)ccc1[N+](=O)[O-]. The van der Waals surface area contributed by atoms with Crippen LogP contribution >= 0.6 is 0 Å². The third-order valence-corrected chi connectivity index (χ3v) is 2.67. The average molecular weight is 294 g/mol. The first-order chi connectivity index (χ1) is 9.95. The lowest BCUT2D eigenvalue weighted by molar-refractivity contribution is -0.385. The molecule has 0 unspecified atom stereocenters. The number of rotatable bonds is 7. The van der Waals surface area contributed by atoms with E-state index in [0.717, 1.165) is 6.42 Å². The Kier molecular flexibility index (Phi) is 6.12. The summed E-state index contributed by atoms with van der Waals surface area (Å²) < 4.78 is 0. The Balaban J connectivity index is 2.62. The van der Waals surface area contributed by atoms with Gasteiger partial charge in [-0.3, -0.25) is 19.7 Å². The van der Waals surface area contributed by atoms with Gasteiger partial charge in [0, 0.05) is 31.3 Å². The molecule has 0 saturated heterocycles. The summed E-state index contributed by atoms with van der Waals surface area (Å²) in [5, 5.41) is 16.0. The molecule has 2 amide bonds. The van der Waals surface area contributed by atoms with Gasteiger partial charge < -0.3 is 16.4 Å². The van der Waals surface area contributed by atoms with Gasteiger partial charge in [-0.2, -0.15) is 0 Å². The van der Waals surface area contributed by atoms with Crippen molar-refractivity contribution in [3.63, 3.8) is 0 Å². The van der Waals surface area contributed by atoms with Crippen LogP contribution in [0.5, 0.6) is 0 Å². The smallest absolute Gasteiger partial charge is 0.282 e. The van der Waals surface area contributed by atoms with Gasteiger partial charge in [0.15, 0.2) is 0 Å². The largest absolute Gasteiger partial charge is 0.399 e. The van der Waals surface area contributed by atoms with Crippen molar-refractivity contribution in [1.82, 2.24) is 10.6 Å². The summed E-state index contributed by atoms with van der Waals surface area (Å²) in [4.78, 5) is 33.5. The topological polar surface area (TPSA) is 127 Å². The molecule has 21 heavy (non-hydrogen) atoms. The van der Waals surface area contributed by atoms with E-state index in [2.05, 4.69) is 10.6 Å². The van der Waals surface area contributed by atoms with Crippen LogP contribution < -0.4 is 16.4 Å². The fourth-order valence-electron chi connectivity index (χ4n) is 1.63. The van der Waals surface area contributed by atoms with Crippen molar-refractivity contribution in [3.8, 4) is 0 Å². The number of nitro groups is 1. The maximum absolute atomic E-state index is 11.9. The third-order valence-electron chi connectivity index (χ3n) is 2.67. The van der Waals surface area contributed by atoms with Crippen molar-refractivity contribution >= 4 is 23.2 Å². The molecular formula is C13H18N4O4. The summed E-state index contributed by atoms with van der Waals surface area (Å²) in [6.45, 7) is 2.61. The molecule has 8 heteroatoms. The van der Waals surface area contributed by atoms with Gasteiger partial charge in [-0.25, -0.2) is 0 Å². The van der Waals surface area contributed by atoms with Crippen molar-refractivity contribution < 1.29 is 14.5 Å². The minimum atomic E-state index is -0.650. The van der Waals surface area contributed by atoms with E-state index in [1.54, 1.807) is 0 Å². The van der Waals surface area contributed by atoms with Gasteiger partial charge in [-0.05, 0) is 18.6 Å². The van der Waals surface area contributed by atoms with E-state index in [-0.39, 0.29) is 35.8 Å². The molecule has 0 bridgehead atoms. The van der Waals surface area contributed by atoms with Gasteiger partial charge in [-0.15, -0.1) is 0 Å². The Morgan fingerprint density at radius 1 is 1.29 bits per heavy atom. The lowest BCUT2D eigenvalue weighted by atomic mass is 10.1. The number of nitrogens with zero attached hydrogens (tertiary/aromatic N) is 1. The summed E-state index contributed by atoms with van der Waals surface area (Å²) in [6.07, 6.45) is 0.940. The molecule has 4 N–H and O–H groups in total. The number of nitrogen functional groups attached to an aromatic ring is 1. The molecule has 8 nitrogen and oxygen atoms in total. The Hall–Kier alpha value is -2.64. The molecule has 0 aliphatic heterocycles. The average Bonchev–Trinajstić information content (AvgIpc) is 2.44. The minimum Gasteiger partial charge on any atom is -0.399 e. The van der Waals surface area contributed by atoms with Crippen LogP contribution in [0.1, 0.15) is 30.1 Å². The summed E-state index contributed by atoms with van der Waals surface area (Å²) in [6, 6.07) is 3.77. The molecule has 1 aromatic carbocycles. The molecule has 0 aliphatic carbocycles. The van der Waals surface area contributed by atoms with E-state index >= 15 is 0 Å². The van der Waals surface area contributed by atoms with E-state index in [9.17, 15) is 19.7 Å². The molecule has 0 atom stereocenters. The third kappa shape index (κ3) is 5.09. The highest BCUT2D eigenvalue weighted by atomic mass is 16.6. The maximum atomic E-state index is 11.9. The predicted octanol–water partition coefficient (Wildman–Crippen LogP) is 0.823. The minimum absolute atomic E-state index is 0.0976. The van der Waals surface area contributed by atoms with Crippen LogP contribution in [0.15, 0.2) is 18.2 Å². The number of carbonyl (C=O) groups excluding carboxylic acids is 2. The number of hydrogen-bond donors (Lipinski definition) is 3. The van der Waals surface area contributed by atoms with Crippen LogP contribution in [0, 0.1) is 10.1 Å². The zero-order chi connectivity index (χ0) is 15.8. The van der Waals surface area contributed by atoms with Crippen LogP contribution in [-0.4, -0.2) is 29.8 Å². The summed E-state index contributed by atoms with van der Waals surface area (Å²) in [7, 11) is 0. The lowest BCUT2D eigenvalue weighted by Gasteiger charge is -2.07. The van der Waals surface area contributed by atoms with Crippen LogP contribution in [0.2, 0.25) is 0 Å². The molecule has 0 heterocycles. The second-order valence-corrected chi connectivity index (χ2v) is 4.39. The number of hydrogen-bond acceptors (Lipinski definition) is 5. The molecule has 1 aromatic rings. The van der Waals surface area contributed by atoms with E-state index in [4.69, 9.17) is 5.73 Å². The maximum Gasteiger partial charge on any atom is 0.282 e. The molecule has 0 saturated carbocycles. The summed E-state index contributed by atoms with van der Waals surface area (Å²) in [5.41, 5.74) is 5.35. The number of nitrogens with two attached hydrogens (primary N) is 1. The fraction of sp³-hybridized carbons (Fsp3) is 0.385. The Morgan fingerprint density at radius 3 is 2.62 bits per heavy atom. The predicted molar refractivity (Wildman–Crippen MR) is 77.8 cm³/mol. The number of amides is 2. The molecule has 0 aliphatic rings. The number of anilines is 1. The Bertz CT molecular complexity index is 545. The molecular weight excluding hydrogens is 276 g/mol. The first-order valence-corrected chi connectivity index (χ1v) is 6.54. The quantitative estimate of drug-likeness (QED) is 0.390. The van der Waals surface area contributed by atoms with Crippen molar-refractivity contribution in [2.45, 2.75) is 19.8 Å². The first kappa shape index (κ1) is 16.4. The van der Waals surface area contributed by atoms with Gasteiger partial charge in [0.25, 0.3) is 11.6 Å². The molecule has 0 spiro atoms. The molecule has 0 fully saturated rings. The van der Waals surface area contributed by atoms with Crippen molar-refractivity contribution in [1.29, 1.82) is 0 Å². The van der Waals surface area contributed by atoms with Gasteiger partial charge in [0.2, 0.25) is 5.91 Å². The van der Waals surface area contributed by atoms with Crippen LogP contribution in [0.25, 0.3) is 0 Å². The Morgan fingerprint density at radius 2 is 2.00 bits per heavy atom. The molecule has 0 aromatic heterocycles. The number of nitrogens with one attached hydrogen (secondary N) is 2. The second-order valence-electron chi connectivity index (χ2n) is 4.39. The second kappa shape index (κ2) is 7.83. The monoisotopic (exact) mass is 294 g/mol. The highest BCUT2D eigenvalue weighted by molar-refractivity contribution is 5.99. The highest BCUT2D eigenvalue weighted by Gasteiger charge is 2.20. The molecule has 0 radical (unpaired) electrons. The zero-order valence-corrected chi connectivity index (χ0v) is 11.7. The van der Waals surface area contributed by atoms with E-state index in [0.29, 0.717) is 6.54 Å². The first-order valence-electron chi connectivity index (χ1n) is 6.54. The van der Waals surface area contributed by atoms with E-state index < -0.39 is 10.8 Å². The van der Waals surface area contributed by atoms with Gasteiger partial charge in [-0.1, -0.05) is 6.92 Å². The van der Waals surface area contributed by atoms with Crippen molar-refractivity contribution in [2.75, 3.05) is 18.8 Å². The van der Waals surface area contributed by atoms with Gasteiger partial charge in [0.1, 0.15) is 5.56 Å². The summed E-state index contributed by atoms with van der Waals surface area (Å²) >= 11 is 0. The van der Waals surface area contributed by atoms with Gasteiger partial charge in [0.05, 0.1) is 4.92 Å². The lowest BCUT2D eigenvalue weighted by Crippen LogP contribution is -2.31. The normalized spacial score (nSPS) is 9.95. The van der Waals surface area contributed by atoms with E-state index in [1.165, 1.54) is 18.2 Å². The van der Waals surface area contributed by atoms with Crippen molar-refractivity contribution in [3.05, 3.63) is 33.9 Å². The Labute approximate surface area is 121 Å². The zero-order valence-electron chi connectivity index (χ0n) is 11.7. The van der Waals surface area contributed by atoms with Crippen LogP contribution in [0.3, 0.4) is 0 Å². The van der Waals surface area contributed by atoms with Crippen LogP contribution in [0.4, 0.5) is 11.4 Å². The van der Waals surface area contributed by atoms with E-state index in [1.807, 2.05) is 6.92 Å². The number of carbonyl (C=O) groups is 2. The number of nitro benzene ring substituents is 1. The number of benzene rings is 1. The standard InChI is InChI=1S/C13H18N4O4/c1-2-6-15-12(18)5-7-16-13(19)10-8-9(14)3-4-11(10)17(20)21/h3-4,8H,2,5-7,14H2,1H3,(H,15,18)(H,16,19). The van der Waals surface area contributed by atoms with Crippen molar-refractivity contribution in [2.24, 2.45) is 0 Å².